The molecule has 1 amide bonds. The number of rotatable bonds is 4. The van der Waals surface area contributed by atoms with Gasteiger partial charge in [0.15, 0.2) is 0 Å². The first-order chi connectivity index (χ1) is 14.2. The zero-order chi connectivity index (χ0) is 21.6. The summed E-state index contributed by atoms with van der Waals surface area (Å²) in [4.78, 5) is 23.3. The molecule has 4 heterocycles. The summed E-state index contributed by atoms with van der Waals surface area (Å²) in [6, 6.07) is 3.12. The van der Waals surface area contributed by atoms with Crippen LogP contribution in [0.15, 0.2) is 36.9 Å². The number of anilines is 1. The van der Waals surface area contributed by atoms with Crippen molar-refractivity contribution in [1.82, 2.24) is 19.7 Å². The topological polar surface area (TPSA) is 73.1 Å². The van der Waals surface area contributed by atoms with Gasteiger partial charge in [0.1, 0.15) is 12.3 Å². The third-order valence-corrected chi connectivity index (χ3v) is 4.94. The van der Waals surface area contributed by atoms with Gasteiger partial charge in [-0.05, 0) is 31.5 Å². The number of amides is 1. The Bertz CT molecular complexity index is 1130. The number of halogens is 3. The number of carbonyl (C=O) groups is 1. The first kappa shape index (κ1) is 19.9. The summed E-state index contributed by atoms with van der Waals surface area (Å²) in [6.07, 6.45) is 1.31. The second-order valence-corrected chi connectivity index (χ2v) is 7.06. The largest absolute Gasteiger partial charge is 0.495 e. The number of nitrogens with zero attached hydrogens (tertiary/aromatic N) is 5. The third-order valence-electron chi connectivity index (χ3n) is 4.94. The van der Waals surface area contributed by atoms with Crippen LogP contribution in [-0.4, -0.2) is 38.9 Å². The van der Waals surface area contributed by atoms with Crippen LogP contribution in [0, 0.1) is 6.92 Å². The molecule has 0 saturated heterocycles. The van der Waals surface area contributed by atoms with Crippen LogP contribution in [0.5, 0.6) is 5.75 Å². The molecule has 0 saturated carbocycles. The summed E-state index contributed by atoms with van der Waals surface area (Å²) in [6.45, 7) is 2.37. The van der Waals surface area contributed by atoms with Gasteiger partial charge in [-0.15, -0.1) is 0 Å². The number of fused-ring (bicyclic) bond motifs is 1. The molecule has 10 heteroatoms. The van der Waals surface area contributed by atoms with Crippen LogP contribution in [0.2, 0.25) is 0 Å². The Morgan fingerprint density at radius 2 is 1.97 bits per heavy atom. The third kappa shape index (κ3) is 3.49. The van der Waals surface area contributed by atoms with E-state index in [1.807, 2.05) is 0 Å². The molecule has 0 aromatic carbocycles. The lowest BCUT2D eigenvalue weighted by molar-refractivity contribution is -0.142. The zero-order valence-corrected chi connectivity index (χ0v) is 16.4. The fourth-order valence-corrected chi connectivity index (χ4v) is 3.60. The van der Waals surface area contributed by atoms with Crippen molar-refractivity contribution in [3.8, 4) is 17.0 Å². The lowest BCUT2D eigenvalue weighted by Gasteiger charge is -2.19. The van der Waals surface area contributed by atoms with Gasteiger partial charge in [0.05, 0.1) is 48.2 Å². The monoisotopic (exact) mass is 417 g/mol. The van der Waals surface area contributed by atoms with E-state index in [9.17, 15) is 18.0 Å². The number of aromatic nitrogens is 4. The number of methoxy groups -OCH3 is 1. The number of carbonyl (C=O) groups excluding carboxylic acids is 1. The van der Waals surface area contributed by atoms with Gasteiger partial charge in [-0.2, -0.15) is 18.3 Å². The summed E-state index contributed by atoms with van der Waals surface area (Å²) in [5.41, 5.74) is 3.38. The van der Waals surface area contributed by atoms with Crippen LogP contribution in [0.3, 0.4) is 0 Å². The Kier molecular flexibility index (Phi) is 4.71. The smallest absolute Gasteiger partial charge is 0.408 e. The molecule has 1 aliphatic rings. The van der Waals surface area contributed by atoms with Crippen LogP contribution in [0.25, 0.3) is 11.3 Å². The van der Waals surface area contributed by atoms with Crippen molar-refractivity contribution in [3.05, 3.63) is 53.7 Å². The molecule has 0 N–H and O–H groups in total. The highest BCUT2D eigenvalue weighted by molar-refractivity contribution is 6.11. The summed E-state index contributed by atoms with van der Waals surface area (Å²) >= 11 is 0. The molecular weight excluding hydrogens is 399 g/mol. The molecule has 0 radical (unpaired) electrons. The van der Waals surface area contributed by atoms with Crippen molar-refractivity contribution in [3.63, 3.8) is 0 Å². The molecule has 0 aliphatic carbocycles. The van der Waals surface area contributed by atoms with Crippen LogP contribution in [0.1, 0.15) is 34.6 Å². The van der Waals surface area contributed by atoms with E-state index < -0.39 is 18.8 Å². The molecule has 1 aliphatic heterocycles. The Hall–Kier alpha value is -3.43. The molecule has 3 aromatic rings. The van der Waals surface area contributed by atoms with Crippen molar-refractivity contribution in [2.24, 2.45) is 0 Å². The van der Waals surface area contributed by atoms with E-state index >= 15 is 0 Å². The predicted molar refractivity (Wildman–Crippen MR) is 102 cm³/mol. The Balaban J connectivity index is 1.71. The lowest BCUT2D eigenvalue weighted by atomic mass is 10.0. The van der Waals surface area contributed by atoms with Crippen LogP contribution >= 0.6 is 0 Å². The number of alkyl halides is 3. The molecule has 30 heavy (non-hydrogen) atoms. The molecule has 0 fully saturated rings. The number of ether oxygens (including phenoxy) is 1. The highest BCUT2D eigenvalue weighted by Gasteiger charge is 2.39. The quantitative estimate of drug-likeness (QED) is 0.643. The molecule has 1 atom stereocenters. The van der Waals surface area contributed by atoms with E-state index in [1.54, 1.807) is 45.5 Å². The van der Waals surface area contributed by atoms with E-state index in [0.29, 0.717) is 28.4 Å². The first-order valence-electron chi connectivity index (χ1n) is 9.11. The van der Waals surface area contributed by atoms with Crippen LogP contribution < -0.4 is 9.64 Å². The van der Waals surface area contributed by atoms with Crippen molar-refractivity contribution < 1.29 is 22.7 Å². The van der Waals surface area contributed by atoms with Crippen molar-refractivity contribution in [2.75, 3.05) is 12.0 Å². The van der Waals surface area contributed by atoms with E-state index in [-0.39, 0.29) is 5.91 Å². The van der Waals surface area contributed by atoms with Crippen molar-refractivity contribution in [1.29, 1.82) is 0 Å². The zero-order valence-electron chi connectivity index (χ0n) is 16.4. The highest BCUT2D eigenvalue weighted by atomic mass is 19.4. The van der Waals surface area contributed by atoms with E-state index in [1.165, 1.54) is 17.3 Å². The van der Waals surface area contributed by atoms with E-state index in [0.717, 1.165) is 15.8 Å². The first-order valence-corrected chi connectivity index (χ1v) is 9.11. The summed E-state index contributed by atoms with van der Waals surface area (Å²) in [7, 11) is 1.54. The van der Waals surface area contributed by atoms with E-state index in [2.05, 4.69) is 15.1 Å². The predicted octanol–water partition coefficient (Wildman–Crippen LogP) is 3.94. The second kappa shape index (κ2) is 7.12. The van der Waals surface area contributed by atoms with E-state index in [4.69, 9.17) is 4.74 Å². The number of hydrogen-bond donors (Lipinski definition) is 0. The summed E-state index contributed by atoms with van der Waals surface area (Å²) < 4.78 is 43.9. The van der Waals surface area contributed by atoms with Gasteiger partial charge in [-0.25, -0.2) is 4.98 Å². The summed E-state index contributed by atoms with van der Waals surface area (Å²) in [5.74, 6) is 0.264. The van der Waals surface area contributed by atoms with Crippen LogP contribution in [-0.2, 0) is 6.54 Å². The molecule has 7 nitrogen and oxygen atoms in total. The van der Waals surface area contributed by atoms with Gasteiger partial charge < -0.3 is 4.74 Å². The Labute approximate surface area is 170 Å². The highest BCUT2D eigenvalue weighted by Crippen LogP contribution is 2.39. The Morgan fingerprint density at radius 1 is 1.20 bits per heavy atom. The minimum atomic E-state index is -4.40. The van der Waals surface area contributed by atoms with Crippen molar-refractivity contribution >= 4 is 11.6 Å². The minimum absolute atomic E-state index is 0.291. The molecule has 3 aromatic heterocycles. The maximum absolute atomic E-state index is 13.1. The van der Waals surface area contributed by atoms with Gasteiger partial charge in [0.25, 0.3) is 5.91 Å². The maximum Gasteiger partial charge on any atom is 0.408 e. The number of pyridine rings is 2. The standard InChI is InChI=1S/C20H18F3N5O2/c1-11-4-16(13-5-15(30-3)8-24-6-13)26-18-12(2)28(19(29)17(11)18)14-7-25-27(9-14)10-20(21,22)23/h4-9,12H,10H2,1-3H3/t12-/m0/s1. The van der Waals surface area contributed by atoms with Crippen LogP contribution in [0.4, 0.5) is 18.9 Å². The molecule has 0 spiro atoms. The fraction of sp³-hybridized carbons (Fsp3) is 0.300. The minimum Gasteiger partial charge on any atom is -0.495 e. The molecule has 0 bridgehead atoms. The molecular formula is C20H18F3N5O2. The molecule has 0 unspecified atom stereocenters. The van der Waals surface area contributed by atoms with Gasteiger partial charge in [0.2, 0.25) is 0 Å². The van der Waals surface area contributed by atoms with Gasteiger partial charge in [0, 0.05) is 18.0 Å². The van der Waals surface area contributed by atoms with Crippen molar-refractivity contribution in [2.45, 2.75) is 32.6 Å². The number of aryl methyl sites for hydroxylation is 1. The number of hydrogen-bond acceptors (Lipinski definition) is 5. The normalized spacial score (nSPS) is 16.1. The molecule has 156 valence electrons. The average Bonchev–Trinajstić information content (AvgIpc) is 3.22. The fourth-order valence-electron chi connectivity index (χ4n) is 3.60. The molecule has 4 rings (SSSR count). The Morgan fingerprint density at radius 3 is 2.67 bits per heavy atom. The van der Waals surface area contributed by atoms with Gasteiger partial charge in [-0.3, -0.25) is 19.4 Å². The maximum atomic E-state index is 13.1. The average molecular weight is 417 g/mol. The van der Waals surface area contributed by atoms with Gasteiger partial charge >= 0.3 is 6.18 Å². The lowest BCUT2D eigenvalue weighted by Crippen LogP contribution is -2.26. The SMILES string of the molecule is COc1cncc(-c2cc(C)c3c(n2)[C@H](C)N(c2cnn(CC(F)(F)F)c2)C3=O)c1. The summed E-state index contributed by atoms with van der Waals surface area (Å²) in [5, 5.41) is 3.74. The second-order valence-electron chi connectivity index (χ2n) is 7.06. The van der Waals surface area contributed by atoms with Gasteiger partial charge in [-0.1, -0.05) is 0 Å².